The van der Waals surface area contributed by atoms with Crippen molar-refractivity contribution < 1.29 is 14.7 Å². The summed E-state index contributed by atoms with van der Waals surface area (Å²) in [4.78, 5) is 24.6. The number of aliphatic carboxylic acids is 1. The van der Waals surface area contributed by atoms with E-state index >= 15 is 0 Å². The van der Waals surface area contributed by atoms with Crippen LogP contribution in [0, 0.1) is 0 Å². The number of rotatable bonds is 2. The molecule has 1 aliphatic rings. The van der Waals surface area contributed by atoms with Crippen LogP contribution >= 0.6 is 15.9 Å². The summed E-state index contributed by atoms with van der Waals surface area (Å²) in [5, 5.41) is 9.55. The number of benzene rings is 1. The van der Waals surface area contributed by atoms with Gasteiger partial charge in [0, 0.05) is 24.5 Å². The standard InChI is InChI=1S/C13H14BrNO3/c1-9(16)15-6-5-13(8-15,12(17)18)10-3-2-4-11(14)7-10/h2-4,7H,5-6,8H2,1H3,(H,17,18). The van der Waals surface area contributed by atoms with Crippen molar-refractivity contribution in [3.05, 3.63) is 34.3 Å². The van der Waals surface area contributed by atoms with Crippen molar-refractivity contribution in [2.75, 3.05) is 13.1 Å². The van der Waals surface area contributed by atoms with Crippen LogP contribution in [0.4, 0.5) is 0 Å². The van der Waals surface area contributed by atoms with Gasteiger partial charge in [-0.3, -0.25) is 9.59 Å². The Morgan fingerprint density at radius 3 is 2.67 bits per heavy atom. The quantitative estimate of drug-likeness (QED) is 0.909. The van der Waals surface area contributed by atoms with E-state index in [9.17, 15) is 14.7 Å². The van der Waals surface area contributed by atoms with E-state index in [1.807, 2.05) is 24.3 Å². The molecule has 2 rings (SSSR count). The number of carbonyl (C=O) groups is 2. The average Bonchev–Trinajstić information content (AvgIpc) is 2.75. The molecule has 1 fully saturated rings. The maximum Gasteiger partial charge on any atom is 0.316 e. The highest BCUT2D eigenvalue weighted by Gasteiger charge is 2.47. The molecular formula is C13H14BrNO3. The van der Waals surface area contributed by atoms with E-state index in [0.29, 0.717) is 13.0 Å². The first-order chi connectivity index (χ1) is 8.45. The molecule has 1 N–H and O–H groups in total. The third-order valence-corrected chi connectivity index (χ3v) is 3.99. The monoisotopic (exact) mass is 311 g/mol. The van der Waals surface area contributed by atoms with Crippen molar-refractivity contribution in [2.24, 2.45) is 0 Å². The summed E-state index contributed by atoms with van der Waals surface area (Å²) in [6.45, 7) is 2.21. The third-order valence-electron chi connectivity index (χ3n) is 3.50. The van der Waals surface area contributed by atoms with Gasteiger partial charge < -0.3 is 10.0 Å². The molecule has 1 amide bonds. The summed E-state index contributed by atoms with van der Waals surface area (Å²) >= 11 is 3.35. The molecule has 1 heterocycles. The maximum absolute atomic E-state index is 11.7. The fourth-order valence-corrected chi connectivity index (χ4v) is 2.80. The zero-order valence-corrected chi connectivity index (χ0v) is 11.6. The zero-order valence-electron chi connectivity index (χ0n) is 10.0. The molecule has 1 atom stereocenters. The summed E-state index contributed by atoms with van der Waals surface area (Å²) in [6, 6.07) is 7.30. The van der Waals surface area contributed by atoms with Gasteiger partial charge in [0.05, 0.1) is 0 Å². The molecular weight excluding hydrogens is 298 g/mol. The van der Waals surface area contributed by atoms with Crippen LogP contribution in [0.1, 0.15) is 18.9 Å². The normalized spacial score (nSPS) is 23.1. The van der Waals surface area contributed by atoms with E-state index < -0.39 is 11.4 Å². The molecule has 96 valence electrons. The van der Waals surface area contributed by atoms with Gasteiger partial charge in [0.1, 0.15) is 5.41 Å². The average molecular weight is 312 g/mol. The van der Waals surface area contributed by atoms with Gasteiger partial charge in [-0.05, 0) is 24.1 Å². The van der Waals surface area contributed by atoms with Crippen molar-refractivity contribution >= 4 is 27.8 Å². The zero-order chi connectivity index (χ0) is 13.3. The summed E-state index contributed by atoms with van der Waals surface area (Å²) in [6.07, 6.45) is 0.457. The number of nitrogens with zero attached hydrogens (tertiary/aromatic N) is 1. The maximum atomic E-state index is 11.7. The van der Waals surface area contributed by atoms with Gasteiger partial charge in [0.15, 0.2) is 0 Å². The molecule has 1 aromatic rings. The molecule has 1 saturated heterocycles. The number of carbonyl (C=O) groups excluding carboxylic acids is 1. The van der Waals surface area contributed by atoms with E-state index in [1.54, 1.807) is 4.90 Å². The van der Waals surface area contributed by atoms with Gasteiger partial charge in [0.2, 0.25) is 5.91 Å². The second-order valence-corrected chi connectivity index (χ2v) is 5.50. The van der Waals surface area contributed by atoms with Gasteiger partial charge in [0.25, 0.3) is 0 Å². The van der Waals surface area contributed by atoms with Gasteiger partial charge in [-0.15, -0.1) is 0 Å². The molecule has 1 aromatic carbocycles. The summed E-state index contributed by atoms with van der Waals surface area (Å²) in [5.41, 5.74) is -0.233. The number of carboxylic acids is 1. The fourth-order valence-electron chi connectivity index (χ4n) is 2.40. The first-order valence-corrected chi connectivity index (χ1v) is 6.50. The van der Waals surface area contributed by atoms with Crippen LogP contribution < -0.4 is 0 Å². The second-order valence-electron chi connectivity index (χ2n) is 4.59. The van der Waals surface area contributed by atoms with Crippen LogP contribution in [0.2, 0.25) is 0 Å². The number of amides is 1. The smallest absolute Gasteiger partial charge is 0.316 e. The summed E-state index contributed by atoms with van der Waals surface area (Å²) in [5.74, 6) is -0.947. The Kier molecular flexibility index (Phi) is 3.43. The van der Waals surface area contributed by atoms with E-state index in [4.69, 9.17) is 0 Å². The topological polar surface area (TPSA) is 57.6 Å². The molecule has 1 unspecified atom stereocenters. The van der Waals surface area contributed by atoms with Crippen LogP contribution in [-0.4, -0.2) is 35.0 Å². The van der Waals surface area contributed by atoms with Gasteiger partial charge in [-0.1, -0.05) is 28.1 Å². The first-order valence-electron chi connectivity index (χ1n) is 5.71. The molecule has 0 spiro atoms. The molecule has 0 radical (unpaired) electrons. The van der Waals surface area contributed by atoms with Crippen molar-refractivity contribution in [3.8, 4) is 0 Å². The van der Waals surface area contributed by atoms with E-state index in [2.05, 4.69) is 15.9 Å². The minimum absolute atomic E-state index is 0.0758. The van der Waals surface area contributed by atoms with E-state index in [-0.39, 0.29) is 12.5 Å². The van der Waals surface area contributed by atoms with Crippen LogP contribution in [0.15, 0.2) is 28.7 Å². The SMILES string of the molecule is CC(=O)N1CCC(C(=O)O)(c2cccc(Br)c2)C1. The summed E-state index contributed by atoms with van der Waals surface area (Å²) < 4.78 is 0.849. The highest BCUT2D eigenvalue weighted by molar-refractivity contribution is 9.10. The second kappa shape index (κ2) is 4.72. The van der Waals surface area contributed by atoms with Gasteiger partial charge in [-0.25, -0.2) is 0 Å². The predicted octanol–water partition coefficient (Wildman–Crippen LogP) is 2.02. The Balaban J connectivity index is 2.41. The lowest BCUT2D eigenvalue weighted by atomic mass is 9.80. The minimum atomic E-state index is -0.977. The van der Waals surface area contributed by atoms with Crippen molar-refractivity contribution in [2.45, 2.75) is 18.8 Å². The molecule has 0 aliphatic carbocycles. The Hall–Kier alpha value is -1.36. The molecule has 5 heteroatoms. The number of hydrogen-bond donors (Lipinski definition) is 1. The van der Waals surface area contributed by atoms with Crippen LogP contribution in [0.25, 0.3) is 0 Å². The summed E-state index contributed by atoms with van der Waals surface area (Å²) in [7, 11) is 0. The van der Waals surface area contributed by atoms with E-state index in [0.717, 1.165) is 10.0 Å². The van der Waals surface area contributed by atoms with Crippen molar-refractivity contribution in [1.82, 2.24) is 4.90 Å². The molecule has 18 heavy (non-hydrogen) atoms. The lowest BCUT2D eigenvalue weighted by Crippen LogP contribution is -2.39. The number of hydrogen-bond acceptors (Lipinski definition) is 2. The van der Waals surface area contributed by atoms with E-state index in [1.165, 1.54) is 6.92 Å². The van der Waals surface area contributed by atoms with Crippen LogP contribution in [0.3, 0.4) is 0 Å². The van der Waals surface area contributed by atoms with Gasteiger partial charge >= 0.3 is 5.97 Å². The highest BCUT2D eigenvalue weighted by Crippen LogP contribution is 2.36. The fraction of sp³-hybridized carbons (Fsp3) is 0.385. The Bertz CT molecular complexity index is 503. The Morgan fingerprint density at radius 1 is 1.44 bits per heavy atom. The van der Waals surface area contributed by atoms with Crippen LogP contribution in [0.5, 0.6) is 0 Å². The third kappa shape index (κ3) is 2.14. The first kappa shape index (κ1) is 13.1. The Morgan fingerprint density at radius 2 is 2.17 bits per heavy atom. The molecule has 0 aromatic heterocycles. The predicted molar refractivity (Wildman–Crippen MR) is 70.3 cm³/mol. The number of halogens is 1. The molecule has 1 aliphatic heterocycles. The van der Waals surface area contributed by atoms with Crippen molar-refractivity contribution in [1.29, 1.82) is 0 Å². The largest absolute Gasteiger partial charge is 0.481 e. The van der Waals surface area contributed by atoms with Crippen molar-refractivity contribution in [3.63, 3.8) is 0 Å². The minimum Gasteiger partial charge on any atom is -0.481 e. The molecule has 0 bridgehead atoms. The molecule has 0 saturated carbocycles. The number of likely N-dealkylation sites (tertiary alicyclic amines) is 1. The van der Waals surface area contributed by atoms with Crippen LogP contribution in [-0.2, 0) is 15.0 Å². The molecule has 4 nitrogen and oxygen atoms in total. The van der Waals surface area contributed by atoms with Gasteiger partial charge in [-0.2, -0.15) is 0 Å². The lowest BCUT2D eigenvalue weighted by Gasteiger charge is -2.25. The number of carboxylic acid groups (broad SMARTS) is 1. The lowest BCUT2D eigenvalue weighted by molar-refractivity contribution is -0.143. The highest BCUT2D eigenvalue weighted by atomic mass is 79.9. The Labute approximate surface area is 114 Å².